The molecule has 8 nitrogen and oxygen atoms in total. The molecule has 0 aliphatic carbocycles. The predicted molar refractivity (Wildman–Crippen MR) is 110 cm³/mol. The molecule has 1 aromatic heterocycles. The van der Waals surface area contributed by atoms with Gasteiger partial charge in [0.05, 0.1) is 13.2 Å². The minimum atomic E-state index is -4.60. The van der Waals surface area contributed by atoms with Crippen LogP contribution in [0.2, 0.25) is 0 Å². The summed E-state index contributed by atoms with van der Waals surface area (Å²) in [7, 11) is 0. The summed E-state index contributed by atoms with van der Waals surface area (Å²) < 4.78 is 45.2. The molecular formula is C20H25F3N6O2. The van der Waals surface area contributed by atoms with E-state index in [2.05, 4.69) is 30.8 Å². The molecule has 2 heterocycles. The number of nitrogens with zero attached hydrogens (tertiary/aromatic N) is 3. The maximum atomic E-state index is 13.3. The minimum Gasteiger partial charge on any atom is -0.379 e. The number of amides is 1. The zero-order valence-electron chi connectivity index (χ0n) is 17.1. The van der Waals surface area contributed by atoms with Crippen molar-refractivity contribution in [2.75, 3.05) is 50.0 Å². The van der Waals surface area contributed by atoms with Crippen LogP contribution >= 0.6 is 0 Å². The number of halogens is 3. The molecule has 0 atom stereocenters. The lowest BCUT2D eigenvalue weighted by molar-refractivity contribution is -0.137. The molecule has 1 saturated heterocycles. The number of carbonyl (C=O) groups excluding carboxylic acids is 1. The molecular weight excluding hydrogens is 413 g/mol. The lowest BCUT2D eigenvalue weighted by atomic mass is 10.2. The van der Waals surface area contributed by atoms with E-state index in [1.807, 2.05) is 18.2 Å². The Kier molecular flexibility index (Phi) is 7.64. The summed E-state index contributed by atoms with van der Waals surface area (Å²) in [6.45, 7) is 5.46. The maximum absolute atomic E-state index is 13.3. The highest BCUT2D eigenvalue weighted by molar-refractivity contribution is 5.72. The van der Waals surface area contributed by atoms with Crippen molar-refractivity contribution in [2.24, 2.45) is 0 Å². The molecule has 1 aliphatic rings. The zero-order chi connectivity index (χ0) is 22.3. The van der Waals surface area contributed by atoms with Crippen molar-refractivity contribution in [3.8, 4) is 0 Å². The van der Waals surface area contributed by atoms with E-state index in [0.29, 0.717) is 18.9 Å². The van der Waals surface area contributed by atoms with Gasteiger partial charge in [-0.15, -0.1) is 0 Å². The van der Waals surface area contributed by atoms with E-state index < -0.39 is 11.7 Å². The molecule has 0 radical (unpaired) electrons. The molecule has 1 aromatic carbocycles. The van der Waals surface area contributed by atoms with Crippen LogP contribution < -0.4 is 16.0 Å². The van der Waals surface area contributed by atoms with Gasteiger partial charge in [0.25, 0.3) is 0 Å². The van der Waals surface area contributed by atoms with Crippen LogP contribution in [-0.2, 0) is 22.3 Å². The van der Waals surface area contributed by atoms with Crippen LogP contribution in [-0.4, -0.2) is 60.2 Å². The summed E-state index contributed by atoms with van der Waals surface area (Å²) in [6.07, 6.45) is -3.86. The van der Waals surface area contributed by atoms with E-state index in [1.54, 1.807) is 6.07 Å². The first-order valence-corrected chi connectivity index (χ1v) is 9.90. The molecule has 1 fully saturated rings. The van der Waals surface area contributed by atoms with Gasteiger partial charge in [0, 0.05) is 51.5 Å². The van der Waals surface area contributed by atoms with E-state index in [4.69, 9.17) is 4.74 Å². The van der Waals surface area contributed by atoms with Crippen molar-refractivity contribution in [1.29, 1.82) is 0 Å². The molecule has 1 aliphatic heterocycles. The molecule has 0 bridgehead atoms. The number of alkyl halides is 3. The molecule has 0 spiro atoms. The Morgan fingerprint density at radius 2 is 2.00 bits per heavy atom. The summed E-state index contributed by atoms with van der Waals surface area (Å²) in [5.41, 5.74) is 0.768. The fourth-order valence-corrected chi connectivity index (χ4v) is 3.10. The Hall–Kier alpha value is -2.92. The standard InChI is InChI=1S/C20H25F3N6O2/c1-14(30)24-5-6-25-18-17(20(21,22)23)12-26-19(28-18)27-16-4-2-3-15(11-16)13-29-7-9-31-10-8-29/h2-4,11-12H,5-10,13H2,1H3,(H,24,30)(H2,25,26,27,28). The fourth-order valence-electron chi connectivity index (χ4n) is 3.10. The van der Waals surface area contributed by atoms with Gasteiger partial charge >= 0.3 is 6.18 Å². The first-order valence-electron chi connectivity index (χ1n) is 9.90. The number of anilines is 3. The number of benzene rings is 1. The number of rotatable bonds is 8. The van der Waals surface area contributed by atoms with Gasteiger partial charge in [-0.1, -0.05) is 12.1 Å². The smallest absolute Gasteiger partial charge is 0.379 e. The third-order valence-corrected chi connectivity index (χ3v) is 4.58. The Morgan fingerprint density at radius 3 is 2.71 bits per heavy atom. The van der Waals surface area contributed by atoms with Crippen molar-refractivity contribution in [3.05, 3.63) is 41.6 Å². The molecule has 1 amide bonds. The summed E-state index contributed by atoms with van der Waals surface area (Å²) >= 11 is 0. The van der Waals surface area contributed by atoms with Crippen LogP contribution in [0, 0.1) is 0 Å². The predicted octanol–water partition coefficient (Wildman–Crippen LogP) is 2.62. The number of ether oxygens (including phenoxy) is 1. The highest BCUT2D eigenvalue weighted by Crippen LogP contribution is 2.34. The molecule has 31 heavy (non-hydrogen) atoms. The second-order valence-corrected chi connectivity index (χ2v) is 7.08. The van der Waals surface area contributed by atoms with Crippen molar-refractivity contribution in [2.45, 2.75) is 19.6 Å². The molecule has 3 rings (SSSR count). The number of hydrogen-bond donors (Lipinski definition) is 3. The Balaban J connectivity index is 1.71. The van der Waals surface area contributed by atoms with Gasteiger partial charge in [0.2, 0.25) is 11.9 Å². The first-order chi connectivity index (χ1) is 14.8. The average Bonchev–Trinajstić information content (AvgIpc) is 2.71. The second kappa shape index (κ2) is 10.4. The van der Waals surface area contributed by atoms with Gasteiger partial charge in [-0.2, -0.15) is 18.2 Å². The van der Waals surface area contributed by atoms with Crippen LogP contribution in [0.15, 0.2) is 30.5 Å². The van der Waals surface area contributed by atoms with Crippen molar-refractivity contribution in [3.63, 3.8) is 0 Å². The van der Waals surface area contributed by atoms with Crippen molar-refractivity contribution >= 4 is 23.4 Å². The van der Waals surface area contributed by atoms with E-state index in [9.17, 15) is 18.0 Å². The van der Waals surface area contributed by atoms with Crippen LogP contribution in [0.5, 0.6) is 0 Å². The van der Waals surface area contributed by atoms with Gasteiger partial charge in [-0.25, -0.2) is 4.98 Å². The summed E-state index contributed by atoms with van der Waals surface area (Å²) in [5, 5.41) is 8.10. The van der Waals surface area contributed by atoms with Gasteiger partial charge < -0.3 is 20.7 Å². The summed E-state index contributed by atoms with van der Waals surface area (Å²) in [4.78, 5) is 21.0. The molecule has 168 valence electrons. The van der Waals surface area contributed by atoms with Gasteiger partial charge in [-0.3, -0.25) is 9.69 Å². The van der Waals surface area contributed by atoms with E-state index in [-0.39, 0.29) is 30.8 Å². The molecule has 11 heteroatoms. The van der Waals surface area contributed by atoms with E-state index in [1.165, 1.54) is 6.92 Å². The first kappa shape index (κ1) is 22.8. The number of carbonyl (C=O) groups is 1. The summed E-state index contributed by atoms with van der Waals surface area (Å²) in [6, 6.07) is 7.58. The zero-order valence-corrected chi connectivity index (χ0v) is 17.1. The monoisotopic (exact) mass is 438 g/mol. The van der Waals surface area contributed by atoms with Gasteiger partial charge in [0.15, 0.2) is 0 Å². The lowest BCUT2D eigenvalue weighted by Gasteiger charge is -2.26. The van der Waals surface area contributed by atoms with Crippen LogP contribution in [0.3, 0.4) is 0 Å². The van der Waals surface area contributed by atoms with Crippen molar-refractivity contribution < 1.29 is 22.7 Å². The Labute approximate surface area is 178 Å². The Morgan fingerprint density at radius 1 is 1.23 bits per heavy atom. The highest BCUT2D eigenvalue weighted by atomic mass is 19.4. The molecule has 3 N–H and O–H groups in total. The number of aromatic nitrogens is 2. The highest BCUT2D eigenvalue weighted by Gasteiger charge is 2.35. The topological polar surface area (TPSA) is 91.4 Å². The van der Waals surface area contributed by atoms with Crippen LogP contribution in [0.1, 0.15) is 18.1 Å². The second-order valence-electron chi connectivity index (χ2n) is 7.08. The van der Waals surface area contributed by atoms with Crippen molar-refractivity contribution in [1.82, 2.24) is 20.2 Å². The van der Waals surface area contributed by atoms with Gasteiger partial charge in [0.1, 0.15) is 11.4 Å². The van der Waals surface area contributed by atoms with Crippen LogP contribution in [0.25, 0.3) is 0 Å². The lowest BCUT2D eigenvalue weighted by Crippen LogP contribution is -2.35. The third kappa shape index (κ3) is 7.07. The summed E-state index contributed by atoms with van der Waals surface area (Å²) in [5.74, 6) is -0.571. The minimum absolute atomic E-state index is 0.0403. The van der Waals surface area contributed by atoms with Gasteiger partial charge in [-0.05, 0) is 17.7 Å². The fraction of sp³-hybridized carbons (Fsp3) is 0.450. The molecule has 0 unspecified atom stereocenters. The number of hydrogen-bond acceptors (Lipinski definition) is 7. The Bertz CT molecular complexity index is 887. The largest absolute Gasteiger partial charge is 0.421 e. The average molecular weight is 438 g/mol. The van der Waals surface area contributed by atoms with Crippen LogP contribution in [0.4, 0.5) is 30.6 Å². The molecule has 2 aromatic rings. The normalized spacial score (nSPS) is 14.8. The number of morpholine rings is 1. The quantitative estimate of drug-likeness (QED) is 0.546. The molecule has 0 saturated carbocycles. The SMILES string of the molecule is CC(=O)NCCNc1nc(Nc2cccc(CN3CCOCC3)c2)ncc1C(F)(F)F. The maximum Gasteiger partial charge on any atom is 0.421 e. The van der Waals surface area contributed by atoms with E-state index in [0.717, 1.165) is 31.4 Å². The number of nitrogens with one attached hydrogen (secondary N) is 3. The third-order valence-electron chi connectivity index (χ3n) is 4.58. The van der Waals surface area contributed by atoms with E-state index >= 15 is 0 Å².